The van der Waals surface area contributed by atoms with Crippen molar-refractivity contribution in [3.63, 3.8) is 0 Å². The zero-order valence-electron chi connectivity index (χ0n) is 9.53. The molecule has 3 nitrogen and oxygen atoms in total. The van der Waals surface area contributed by atoms with Gasteiger partial charge in [-0.1, -0.05) is 19.9 Å². The normalized spacial score (nSPS) is 11.8. The van der Waals surface area contributed by atoms with Crippen molar-refractivity contribution < 1.29 is 13.2 Å². The quantitative estimate of drug-likeness (QED) is 0.784. The van der Waals surface area contributed by atoms with Crippen molar-refractivity contribution in [3.8, 4) is 5.75 Å². The van der Waals surface area contributed by atoms with E-state index in [1.165, 1.54) is 7.11 Å². The molecule has 1 rings (SSSR count). The summed E-state index contributed by atoms with van der Waals surface area (Å²) in [5.74, 6) is 0.738. The van der Waals surface area contributed by atoms with Crippen molar-refractivity contribution in [2.75, 3.05) is 7.11 Å². The van der Waals surface area contributed by atoms with Crippen LogP contribution in [0.25, 0.3) is 0 Å². The maximum atomic E-state index is 11.3. The molecule has 0 saturated carbocycles. The van der Waals surface area contributed by atoms with Crippen molar-refractivity contribution in [1.82, 2.24) is 0 Å². The summed E-state index contributed by atoms with van der Waals surface area (Å²) >= 11 is 0. The lowest BCUT2D eigenvalue weighted by Crippen LogP contribution is -2.00. The van der Waals surface area contributed by atoms with Crippen LogP contribution in [0.5, 0.6) is 5.75 Å². The molecule has 0 amide bonds. The number of methoxy groups -OCH3 is 1. The molecule has 0 radical (unpaired) electrons. The van der Waals surface area contributed by atoms with Crippen molar-refractivity contribution >= 4 is 19.7 Å². The lowest BCUT2D eigenvalue weighted by molar-refractivity contribution is 0.403. The van der Waals surface area contributed by atoms with Gasteiger partial charge in [-0.2, -0.15) is 0 Å². The second-order valence-electron chi connectivity index (χ2n) is 4.02. The second-order valence-corrected chi connectivity index (χ2v) is 6.56. The standard InChI is InChI=1S/C11H15ClO3S/c1-8(2)6-9-4-5-10(15-3)11(7-9)16(12,13)14/h4-5,7-8H,6H2,1-3H3. The fraction of sp³-hybridized carbons (Fsp3) is 0.455. The minimum atomic E-state index is -3.76. The molecular formula is C11H15ClO3S. The molecule has 0 aliphatic rings. The molecule has 0 atom stereocenters. The van der Waals surface area contributed by atoms with E-state index in [0.29, 0.717) is 5.92 Å². The Morgan fingerprint density at radius 2 is 2.00 bits per heavy atom. The Morgan fingerprint density at radius 1 is 1.38 bits per heavy atom. The Morgan fingerprint density at radius 3 is 2.44 bits per heavy atom. The number of hydrogen-bond acceptors (Lipinski definition) is 3. The monoisotopic (exact) mass is 262 g/mol. The first-order valence-corrected chi connectivity index (χ1v) is 7.27. The van der Waals surface area contributed by atoms with Crippen LogP contribution in [-0.2, 0) is 15.5 Å². The first-order valence-electron chi connectivity index (χ1n) is 4.96. The van der Waals surface area contributed by atoms with Gasteiger partial charge in [0.15, 0.2) is 0 Å². The van der Waals surface area contributed by atoms with Gasteiger partial charge in [0.25, 0.3) is 9.05 Å². The highest BCUT2D eigenvalue weighted by Gasteiger charge is 2.17. The molecule has 0 saturated heterocycles. The van der Waals surface area contributed by atoms with Gasteiger partial charge < -0.3 is 4.74 Å². The van der Waals surface area contributed by atoms with E-state index in [1.807, 2.05) is 6.07 Å². The molecule has 0 spiro atoms. The van der Waals surface area contributed by atoms with Crippen molar-refractivity contribution in [2.45, 2.75) is 25.2 Å². The van der Waals surface area contributed by atoms with Gasteiger partial charge in [-0.05, 0) is 30.0 Å². The largest absolute Gasteiger partial charge is 0.495 e. The number of hydrogen-bond donors (Lipinski definition) is 0. The fourth-order valence-corrected chi connectivity index (χ4v) is 2.56. The minimum absolute atomic E-state index is 0.0369. The molecule has 1 aromatic carbocycles. The van der Waals surface area contributed by atoms with Gasteiger partial charge in [-0.3, -0.25) is 0 Å². The van der Waals surface area contributed by atoms with Crippen molar-refractivity contribution in [2.24, 2.45) is 5.92 Å². The van der Waals surface area contributed by atoms with Gasteiger partial charge in [-0.15, -0.1) is 0 Å². The lowest BCUT2D eigenvalue weighted by Gasteiger charge is -2.09. The van der Waals surface area contributed by atoms with Crippen molar-refractivity contribution in [3.05, 3.63) is 23.8 Å². The van der Waals surface area contributed by atoms with E-state index >= 15 is 0 Å². The molecule has 0 bridgehead atoms. The van der Waals surface area contributed by atoms with E-state index in [2.05, 4.69) is 13.8 Å². The van der Waals surface area contributed by atoms with E-state index in [9.17, 15) is 8.42 Å². The van der Waals surface area contributed by atoms with Gasteiger partial charge in [0, 0.05) is 10.7 Å². The molecule has 0 aliphatic carbocycles. The highest BCUT2D eigenvalue weighted by Crippen LogP contribution is 2.28. The van der Waals surface area contributed by atoms with E-state index in [1.54, 1.807) is 12.1 Å². The highest BCUT2D eigenvalue weighted by molar-refractivity contribution is 8.13. The molecule has 0 N–H and O–H groups in total. The van der Waals surface area contributed by atoms with Crippen molar-refractivity contribution in [1.29, 1.82) is 0 Å². The minimum Gasteiger partial charge on any atom is -0.495 e. The first-order chi connectivity index (χ1) is 7.34. The summed E-state index contributed by atoms with van der Waals surface area (Å²) in [4.78, 5) is 0.0369. The third-order valence-electron chi connectivity index (χ3n) is 2.13. The van der Waals surface area contributed by atoms with Gasteiger partial charge >= 0.3 is 0 Å². The van der Waals surface area contributed by atoms with Crippen LogP contribution in [0.1, 0.15) is 19.4 Å². The molecule has 90 valence electrons. The maximum Gasteiger partial charge on any atom is 0.264 e. The third-order valence-corrected chi connectivity index (χ3v) is 3.48. The van der Waals surface area contributed by atoms with Crippen LogP contribution in [0, 0.1) is 5.92 Å². The number of rotatable bonds is 4. The molecule has 0 unspecified atom stereocenters. The van der Waals surface area contributed by atoms with Crippen LogP contribution in [0.3, 0.4) is 0 Å². The summed E-state index contributed by atoms with van der Waals surface area (Å²) in [7, 11) is 3.01. The van der Waals surface area contributed by atoms with Crippen LogP contribution in [0.4, 0.5) is 0 Å². The predicted octanol–water partition coefficient (Wildman–Crippen LogP) is 2.82. The maximum absolute atomic E-state index is 11.3. The topological polar surface area (TPSA) is 43.4 Å². The van der Waals surface area contributed by atoms with Gasteiger partial charge in [0.05, 0.1) is 7.11 Å². The predicted molar refractivity (Wildman–Crippen MR) is 64.6 cm³/mol. The van der Waals surface area contributed by atoms with E-state index in [4.69, 9.17) is 15.4 Å². The van der Waals surface area contributed by atoms with E-state index in [0.717, 1.165) is 12.0 Å². The smallest absolute Gasteiger partial charge is 0.264 e. The highest BCUT2D eigenvalue weighted by atomic mass is 35.7. The average Bonchev–Trinajstić information content (AvgIpc) is 2.15. The Balaban J connectivity index is 3.22. The van der Waals surface area contributed by atoms with Crippen LogP contribution in [0.2, 0.25) is 0 Å². The van der Waals surface area contributed by atoms with Gasteiger partial charge in [0.1, 0.15) is 10.6 Å². The van der Waals surface area contributed by atoms with E-state index < -0.39 is 9.05 Å². The number of halogens is 1. The number of ether oxygens (including phenoxy) is 1. The molecule has 0 aliphatic heterocycles. The molecule has 0 aromatic heterocycles. The Bertz CT molecular complexity index is 466. The summed E-state index contributed by atoms with van der Waals surface area (Å²) in [6.07, 6.45) is 0.809. The van der Waals surface area contributed by atoms with Crippen LogP contribution in [-0.4, -0.2) is 15.5 Å². The lowest BCUT2D eigenvalue weighted by atomic mass is 10.0. The van der Waals surface area contributed by atoms with Crippen LogP contribution < -0.4 is 4.74 Å². The Labute approximate surface area is 101 Å². The first kappa shape index (κ1) is 13.3. The molecule has 5 heteroatoms. The van der Waals surface area contributed by atoms with Crippen LogP contribution >= 0.6 is 10.7 Å². The summed E-state index contributed by atoms with van der Waals surface area (Å²) < 4.78 is 27.6. The molecule has 1 aromatic rings. The van der Waals surface area contributed by atoms with E-state index in [-0.39, 0.29) is 10.6 Å². The molecule has 0 fully saturated rings. The Kier molecular flexibility index (Phi) is 4.21. The summed E-state index contributed by atoms with van der Waals surface area (Å²) in [6, 6.07) is 5.05. The molecule has 0 heterocycles. The summed E-state index contributed by atoms with van der Waals surface area (Å²) in [5, 5.41) is 0. The molecular weight excluding hydrogens is 248 g/mol. The average molecular weight is 263 g/mol. The third kappa shape index (κ3) is 3.39. The fourth-order valence-electron chi connectivity index (χ4n) is 1.51. The summed E-state index contributed by atoms with van der Waals surface area (Å²) in [6.45, 7) is 4.14. The number of benzene rings is 1. The zero-order valence-corrected chi connectivity index (χ0v) is 11.1. The van der Waals surface area contributed by atoms with Gasteiger partial charge in [-0.25, -0.2) is 8.42 Å². The Hall–Kier alpha value is -0.740. The second kappa shape index (κ2) is 5.06. The van der Waals surface area contributed by atoms with Gasteiger partial charge in [0.2, 0.25) is 0 Å². The summed E-state index contributed by atoms with van der Waals surface area (Å²) in [5.41, 5.74) is 0.940. The SMILES string of the molecule is COc1ccc(CC(C)C)cc1S(=O)(=O)Cl. The zero-order chi connectivity index (χ0) is 12.3. The molecule has 16 heavy (non-hydrogen) atoms. The van der Waals surface area contributed by atoms with Crippen LogP contribution in [0.15, 0.2) is 23.1 Å².